The summed E-state index contributed by atoms with van der Waals surface area (Å²) in [7, 11) is 0. The molecule has 0 bridgehead atoms. The first kappa shape index (κ1) is 16.2. The van der Waals surface area contributed by atoms with Crippen LogP contribution in [-0.2, 0) is 5.41 Å². The molecule has 5 rings (SSSR count). The Morgan fingerprint density at radius 2 is 1.81 bits per heavy atom. The summed E-state index contributed by atoms with van der Waals surface area (Å²) in [4.78, 5) is 0. The number of anilines is 1. The number of aromatic nitrogens is 2. The lowest BCUT2D eigenvalue weighted by atomic mass is 9.65. The molecule has 1 aromatic heterocycles. The van der Waals surface area contributed by atoms with Crippen molar-refractivity contribution in [1.29, 1.82) is 0 Å². The lowest BCUT2D eigenvalue weighted by molar-refractivity contribution is 0.0831. The molecule has 2 N–H and O–H groups in total. The Labute approximate surface area is 158 Å². The maximum atomic E-state index is 6.23. The molecule has 5 heteroatoms. The minimum Gasteiger partial charge on any atom is -0.491 e. The Morgan fingerprint density at radius 3 is 2.59 bits per heavy atom. The minimum absolute atomic E-state index is 0.216. The van der Waals surface area contributed by atoms with Crippen LogP contribution in [0.15, 0.2) is 42.5 Å². The van der Waals surface area contributed by atoms with Gasteiger partial charge in [-0.1, -0.05) is 36.8 Å². The van der Waals surface area contributed by atoms with Gasteiger partial charge in [0.1, 0.15) is 5.75 Å². The van der Waals surface area contributed by atoms with Crippen LogP contribution in [0.25, 0.3) is 5.69 Å². The van der Waals surface area contributed by atoms with Gasteiger partial charge in [-0.05, 0) is 32.0 Å². The van der Waals surface area contributed by atoms with Gasteiger partial charge in [-0.25, -0.2) is 4.68 Å². The van der Waals surface area contributed by atoms with Crippen LogP contribution in [0.5, 0.6) is 11.6 Å². The zero-order chi connectivity index (χ0) is 18.8. The SMILES string of the molecule is Cc1ccc(-n2nc(C)c3c2OC[C@H]2COc4c(N)cccc4[C@@]32C)cc1. The standard InChI is InChI=1S/C22H23N3O2/c1-13-7-9-16(10-8-13)25-21-19(14(2)24-25)22(3)15(12-27-21)11-26-20-17(22)5-4-6-18(20)23/h4-10,15H,11-12,23H2,1-3H3/t15-,22+/m1/s1. The number of aryl methyl sites for hydroxylation is 2. The second-order valence-electron chi connectivity index (χ2n) is 7.76. The number of nitrogens with two attached hydrogens (primary N) is 1. The average Bonchev–Trinajstić information content (AvgIpc) is 3.00. The highest BCUT2D eigenvalue weighted by Gasteiger charge is 2.51. The smallest absolute Gasteiger partial charge is 0.221 e. The van der Waals surface area contributed by atoms with Gasteiger partial charge in [0, 0.05) is 22.5 Å². The number of benzene rings is 2. The summed E-state index contributed by atoms with van der Waals surface area (Å²) >= 11 is 0. The Balaban J connectivity index is 1.75. The molecule has 2 aliphatic rings. The van der Waals surface area contributed by atoms with Crippen molar-refractivity contribution in [3.05, 3.63) is 64.8 Å². The van der Waals surface area contributed by atoms with Crippen LogP contribution in [0.4, 0.5) is 5.69 Å². The first-order chi connectivity index (χ1) is 13.0. The summed E-state index contributed by atoms with van der Waals surface area (Å²) in [6, 6.07) is 14.4. The van der Waals surface area contributed by atoms with E-state index in [1.165, 1.54) is 5.56 Å². The number of ether oxygens (including phenoxy) is 2. The van der Waals surface area contributed by atoms with Gasteiger partial charge in [0.2, 0.25) is 5.88 Å². The fourth-order valence-electron chi connectivity index (χ4n) is 4.53. The van der Waals surface area contributed by atoms with Gasteiger partial charge in [0.05, 0.1) is 30.3 Å². The van der Waals surface area contributed by atoms with E-state index < -0.39 is 0 Å². The van der Waals surface area contributed by atoms with E-state index in [0.29, 0.717) is 18.9 Å². The number of hydrogen-bond donors (Lipinski definition) is 1. The van der Waals surface area contributed by atoms with Crippen molar-refractivity contribution in [2.75, 3.05) is 18.9 Å². The quantitative estimate of drug-likeness (QED) is 0.670. The summed E-state index contributed by atoms with van der Waals surface area (Å²) in [5, 5.41) is 4.84. The van der Waals surface area contributed by atoms with E-state index in [1.807, 2.05) is 16.8 Å². The highest BCUT2D eigenvalue weighted by Crippen LogP contribution is 2.54. The van der Waals surface area contributed by atoms with Crippen molar-refractivity contribution in [2.45, 2.75) is 26.2 Å². The maximum Gasteiger partial charge on any atom is 0.221 e. The second kappa shape index (κ2) is 5.52. The Hall–Kier alpha value is -2.95. The van der Waals surface area contributed by atoms with E-state index in [9.17, 15) is 0 Å². The summed E-state index contributed by atoms with van der Waals surface area (Å²) in [6.07, 6.45) is 0. The third-order valence-electron chi connectivity index (χ3n) is 6.09. The van der Waals surface area contributed by atoms with Crippen LogP contribution >= 0.6 is 0 Å². The topological polar surface area (TPSA) is 62.3 Å². The van der Waals surface area contributed by atoms with Gasteiger partial charge in [-0.2, -0.15) is 5.10 Å². The Kier molecular flexibility index (Phi) is 3.32. The summed E-state index contributed by atoms with van der Waals surface area (Å²) in [5.74, 6) is 1.84. The molecule has 2 atom stereocenters. The lowest BCUT2D eigenvalue weighted by Gasteiger charge is -2.45. The monoisotopic (exact) mass is 361 g/mol. The predicted molar refractivity (Wildman–Crippen MR) is 105 cm³/mol. The van der Waals surface area contributed by atoms with Crippen molar-refractivity contribution >= 4 is 5.69 Å². The molecule has 3 heterocycles. The molecular formula is C22H23N3O2. The fourth-order valence-corrected chi connectivity index (χ4v) is 4.53. The molecule has 0 unspecified atom stereocenters. The summed E-state index contributed by atoms with van der Waals surface area (Å²) in [6.45, 7) is 7.59. The van der Waals surface area contributed by atoms with E-state index in [0.717, 1.165) is 34.1 Å². The van der Waals surface area contributed by atoms with Gasteiger partial charge in [-0.15, -0.1) is 0 Å². The largest absolute Gasteiger partial charge is 0.491 e. The molecule has 0 radical (unpaired) electrons. The van der Waals surface area contributed by atoms with Crippen molar-refractivity contribution in [3.63, 3.8) is 0 Å². The molecule has 0 saturated heterocycles. The van der Waals surface area contributed by atoms with Crippen molar-refractivity contribution in [2.24, 2.45) is 5.92 Å². The van der Waals surface area contributed by atoms with Crippen LogP contribution in [0.2, 0.25) is 0 Å². The number of para-hydroxylation sites is 1. The highest BCUT2D eigenvalue weighted by molar-refractivity contribution is 5.64. The molecule has 2 aliphatic heterocycles. The number of nitrogen functional groups attached to an aromatic ring is 1. The third kappa shape index (κ3) is 2.14. The van der Waals surface area contributed by atoms with Crippen LogP contribution in [-0.4, -0.2) is 23.0 Å². The fraction of sp³-hybridized carbons (Fsp3) is 0.318. The number of hydrogen-bond acceptors (Lipinski definition) is 4. The number of fused-ring (bicyclic) bond motifs is 5. The number of nitrogens with zero attached hydrogens (tertiary/aromatic N) is 2. The van der Waals surface area contributed by atoms with Crippen LogP contribution in [0.3, 0.4) is 0 Å². The zero-order valence-corrected chi connectivity index (χ0v) is 15.8. The van der Waals surface area contributed by atoms with Crippen LogP contribution < -0.4 is 15.2 Å². The van der Waals surface area contributed by atoms with Crippen LogP contribution in [0, 0.1) is 19.8 Å². The summed E-state index contributed by atoms with van der Waals surface area (Å²) < 4.78 is 14.2. The molecule has 2 aromatic carbocycles. The molecule has 0 spiro atoms. The van der Waals surface area contributed by atoms with Crippen molar-refractivity contribution in [3.8, 4) is 17.3 Å². The molecule has 5 nitrogen and oxygen atoms in total. The molecule has 0 fully saturated rings. The van der Waals surface area contributed by atoms with Gasteiger partial charge in [-0.3, -0.25) is 0 Å². The molecule has 138 valence electrons. The Bertz CT molecular complexity index is 1040. The predicted octanol–water partition coefficient (Wildman–Crippen LogP) is 3.78. The third-order valence-corrected chi connectivity index (χ3v) is 6.09. The van der Waals surface area contributed by atoms with E-state index in [2.05, 4.69) is 51.1 Å². The van der Waals surface area contributed by atoms with Crippen LogP contribution in [0.1, 0.15) is 29.3 Å². The Morgan fingerprint density at radius 1 is 1.07 bits per heavy atom. The number of rotatable bonds is 1. The molecule has 27 heavy (non-hydrogen) atoms. The zero-order valence-electron chi connectivity index (χ0n) is 15.8. The molecular weight excluding hydrogens is 338 g/mol. The molecule has 0 aliphatic carbocycles. The minimum atomic E-state index is -0.246. The van der Waals surface area contributed by atoms with Crippen molar-refractivity contribution in [1.82, 2.24) is 9.78 Å². The normalized spacial score (nSPS) is 22.9. The van der Waals surface area contributed by atoms with Gasteiger partial charge >= 0.3 is 0 Å². The average molecular weight is 361 g/mol. The van der Waals surface area contributed by atoms with E-state index in [4.69, 9.17) is 20.3 Å². The van der Waals surface area contributed by atoms with E-state index in [-0.39, 0.29) is 11.3 Å². The molecule has 0 saturated carbocycles. The van der Waals surface area contributed by atoms with Crippen molar-refractivity contribution < 1.29 is 9.47 Å². The van der Waals surface area contributed by atoms with Gasteiger partial charge < -0.3 is 15.2 Å². The molecule has 3 aromatic rings. The maximum absolute atomic E-state index is 6.23. The first-order valence-corrected chi connectivity index (χ1v) is 9.32. The first-order valence-electron chi connectivity index (χ1n) is 9.32. The van der Waals surface area contributed by atoms with E-state index >= 15 is 0 Å². The van der Waals surface area contributed by atoms with Gasteiger partial charge in [0.15, 0.2) is 0 Å². The highest BCUT2D eigenvalue weighted by atomic mass is 16.5. The summed E-state index contributed by atoms with van der Waals surface area (Å²) in [5.41, 5.74) is 12.1. The lowest BCUT2D eigenvalue weighted by Crippen LogP contribution is -2.47. The second-order valence-corrected chi connectivity index (χ2v) is 7.76. The molecule has 0 amide bonds. The van der Waals surface area contributed by atoms with Gasteiger partial charge in [0.25, 0.3) is 0 Å². The van der Waals surface area contributed by atoms with E-state index in [1.54, 1.807) is 0 Å².